The van der Waals surface area contributed by atoms with E-state index < -0.39 is 0 Å². The number of nitrogens with zero attached hydrogens (tertiary/aromatic N) is 3. The van der Waals surface area contributed by atoms with Crippen molar-refractivity contribution in [1.82, 2.24) is 14.8 Å². The average Bonchev–Trinajstić information content (AvgIpc) is 3.19. The first-order valence-electron chi connectivity index (χ1n) is 9.47. The topological polar surface area (TPSA) is 59.8 Å². The van der Waals surface area contributed by atoms with E-state index in [2.05, 4.69) is 37.5 Å². The number of aryl methyl sites for hydroxylation is 1. The van der Waals surface area contributed by atoms with Gasteiger partial charge in [-0.1, -0.05) is 81.8 Å². The number of amides is 1. The van der Waals surface area contributed by atoms with Crippen LogP contribution in [0.1, 0.15) is 5.56 Å². The summed E-state index contributed by atoms with van der Waals surface area (Å²) in [5.74, 6) is 0.727. The maximum Gasteiger partial charge on any atom is 0.234 e. The van der Waals surface area contributed by atoms with Gasteiger partial charge in [0.15, 0.2) is 11.0 Å². The van der Waals surface area contributed by atoms with E-state index >= 15 is 0 Å². The van der Waals surface area contributed by atoms with Gasteiger partial charge in [0.05, 0.1) is 16.5 Å². The molecule has 0 saturated heterocycles. The lowest BCUT2D eigenvalue weighted by atomic mass is 10.2. The molecule has 0 atom stereocenters. The SMILES string of the molecule is Cc1cccc(-n2c(SCC(=O)Nc3ccc(Br)cc3Cl)nnc2-c2ccccc2)c1. The van der Waals surface area contributed by atoms with Gasteiger partial charge in [-0.05, 0) is 42.8 Å². The number of anilines is 1. The van der Waals surface area contributed by atoms with Gasteiger partial charge in [0, 0.05) is 15.7 Å². The summed E-state index contributed by atoms with van der Waals surface area (Å²) in [7, 11) is 0. The highest BCUT2D eigenvalue weighted by Crippen LogP contribution is 2.29. The molecule has 0 aliphatic rings. The van der Waals surface area contributed by atoms with Gasteiger partial charge in [-0.2, -0.15) is 0 Å². The third-order valence-corrected chi connectivity index (χ3v) is 6.20. The molecule has 5 nitrogen and oxygen atoms in total. The molecule has 0 radical (unpaired) electrons. The summed E-state index contributed by atoms with van der Waals surface area (Å²) >= 11 is 10.9. The molecule has 31 heavy (non-hydrogen) atoms. The van der Waals surface area contributed by atoms with Crippen molar-refractivity contribution in [3.05, 3.63) is 87.9 Å². The van der Waals surface area contributed by atoms with Gasteiger partial charge >= 0.3 is 0 Å². The minimum absolute atomic E-state index is 0.172. The predicted molar refractivity (Wildman–Crippen MR) is 130 cm³/mol. The molecule has 0 aliphatic heterocycles. The van der Waals surface area contributed by atoms with Crippen molar-refractivity contribution >= 4 is 50.9 Å². The Morgan fingerprint density at radius 3 is 2.61 bits per heavy atom. The number of benzene rings is 3. The van der Waals surface area contributed by atoms with E-state index in [0.29, 0.717) is 15.9 Å². The summed E-state index contributed by atoms with van der Waals surface area (Å²) in [6.07, 6.45) is 0. The zero-order valence-electron chi connectivity index (χ0n) is 16.5. The molecule has 3 aromatic carbocycles. The van der Waals surface area contributed by atoms with Crippen molar-refractivity contribution in [2.45, 2.75) is 12.1 Å². The van der Waals surface area contributed by atoms with Crippen LogP contribution >= 0.6 is 39.3 Å². The molecule has 0 bridgehead atoms. The molecular weight excluding hydrogens is 496 g/mol. The fourth-order valence-electron chi connectivity index (χ4n) is 3.04. The predicted octanol–water partition coefficient (Wildman–Crippen LogP) is 6.39. The van der Waals surface area contributed by atoms with Gasteiger partial charge in [0.1, 0.15) is 0 Å². The van der Waals surface area contributed by atoms with Gasteiger partial charge in [0.25, 0.3) is 0 Å². The van der Waals surface area contributed by atoms with Crippen LogP contribution in [-0.4, -0.2) is 26.4 Å². The van der Waals surface area contributed by atoms with E-state index in [1.165, 1.54) is 11.8 Å². The largest absolute Gasteiger partial charge is 0.324 e. The molecule has 1 N–H and O–H groups in total. The number of aromatic nitrogens is 3. The lowest BCUT2D eigenvalue weighted by Crippen LogP contribution is -2.15. The number of hydrogen-bond acceptors (Lipinski definition) is 4. The minimum Gasteiger partial charge on any atom is -0.324 e. The first kappa shape index (κ1) is 21.6. The number of hydrogen-bond donors (Lipinski definition) is 1. The molecule has 0 spiro atoms. The van der Waals surface area contributed by atoms with E-state index in [1.807, 2.05) is 66.1 Å². The number of nitrogens with one attached hydrogen (secondary N) is 1. The van der Waals surface area contributed by atoms with Crippen LogP contribution in [0.25, 0.3) is 17.1 Å². The molecule has 156 valence electrons. The Kier molecular flexibility index (Phi) is 6.75. The Balaban J connectivity index is 1.59. The molecule has 1 aromatic heterocycles. The van der Waals surface area contributed by atoms with Crippen molar-refractivity contribution in [3.8, 4) is 17.1 Å². The van der Waals surface area contributed by atoms with Crippen LogP contribution in [0, 0.1) is 6.92 Å². The number of rotatable bonds is 6. The summed E-state index contributed by atoms with van der Waals surface area (Å²) < 4.78 is 2.83. The van der Waals surface area contributed by atoms with E-state index in [-0.39, 0.29) is 11.7 Å². The van der Waals surface area contributed by atoms with Crippen LogP contribution in [0.3, 0.4) is 0 Å². The molecule has 0 saturated carbocycles. The molecule has 0 unspecified atom stereocenters. The molecule has 4 aromatic rings. The van der Waals surface area contributed by atoms with Crippen LogP contribution in [0.15, 0.2) is 82.4 Å². The Labute approximate surface area is 198 Å². The smallest absolute Gasteiger partial charge is 0.234 e. The van der Waals surface area contributed by atoms with Crippen LogP contribution in [0.2, 0.25) is 5.02 Å². The molecule has 1 heterocycles. The van der Waals surface area contributed by atoms with E-state index in [0.717, 1.165) is 27.1 Å². The van der Waals surface area contributed by atoms with Crippen molar-refractivity contribution < 1.29 is 4.79 Å². The average molecular weight is 514 g/mol. The maximum absolute atomic E-state index is 12.5. The van der Waals surface area contributed by atoms with Gasteiger partial charge in [-0.25, -0.2) is 0 Å². The molecule has 0 aliphatic carbocycles. The molecular formula is C23H18BrClN4OS. The number of carbonyl (C=O) groups excluding carboxylic acids is 1. The van der Waals surface area contributed by atoms with E-state index in [4.69, 9.17) is 11.6 Å². The number of halogens is 2. The van der Waals surface area contributed by atoms with E-state index in [9.17, 15) is 4.79 Å². The second-order valence-electron chi connectivity index (χ2n) is 6.81. The van der Waals surface area contributed by atoms with Crippen molar-refractivity contribution in [1.29, 1.82) is 0 Å². The van der Waals surface area contributed by atoms with Crippen molar-refractivity contribution in [3.63, 3.8) is 0 Å². The van der Waals surface area contributed by atoms with Gasteiger partial charge < -0.3 is 5.32 Å². The molecule has 0 fully saturated rings. The third-order valence-electron chi connectivity index (χ3n) is 4.46. The van der Waals surface area contributed by atoms with Gasteiger partial charge in [-0.15, -0.1) is 10.2 Å². The second-order valence-corrected chi connectivity index (χ2v) is 9.07. The highest BCUT2D eigenvalue weighted by Gasteiger charge is 2.17. The van der Waals surface area contributed by atoms with Gasteiger partial charge in [-0.3, -0.25) is 9.36 Å². The maximum atomic E-state index is 12.5. The van der Waals surface area contributed by atoms with Crippen molar-refractivity contribution in [2.24, 2.45) is 0 Å². The lowest BCUT2D eigenvalue weighted by molar-refractivity contribution is -0.113. The lowest BCUT2D eigenvalue weighted by Gasteiger charge is -2.11. The third kappa shape index (κ3) is 5.18. The zero-order valence-corrected chi connectivity index (χ0v) is 19.7. The van der Waals surface area contributed by atoms with Crippen LogP contribution in [0.4, 0.5) is 5.69 Å². The van der Waals surface area contributed by atoms with Crippen LogP contribution < -0.4 is 5.32 Å². The first-order chi connectivity index (χ1) is 15.0. The second kappa shape index (κ2) is 9.68. The fourth-order valence-corrected chi connectivity index (χ4v) is 4.52. The Morgan fingerprint density at radius 1 is 1.06 bits per heavy atom. The van der Waals surface area contributed by atoms with Crippen LogP contribution in [0.5, 0.6) is 0 Å². The Bertz CT molecular complexity index is 1230. The van der Waals surface area contributed by atoms with Crippen molar-refractivity contribution in [2.75, 3.05) is 11.1 Å². The fraction of sp³-hybridized carbons (Fsp3) is 0.0870. The minimum atomic E-state index is -0.172. The summed E-state index contributed by atoms with van der Waals surface area (Å²) in [4.78, 5) is 12.5. The Hall–Kier alpha value is -2.61. The van der Waals surface area contributed by atoms with E-state index in [1.54, 1.807) is 12.1 Å². The monoisotopic (exact) mass is 512 g/mol. The summed E-state index contributed by atoms with van der Waals surface area (Å²) in [5.41, 5.74) is 3.60. The van der Waals surface area contributed by atoms with Crippen LogP contribution in [-0.2, 0) is 4.79 Å². The normalized spacial score (nSPS) is 10.8. The number of thioether (sulfide) groups is 1. The summed E-state index contributed by atoms with van der Waals surface area (Å²) in [5, 5.41) is 12.7. The Morgan fingerprint density at radius 2 is 1.87 bits per heavy atom. The summed E-state index contributed by atoms with van der Waals surface area (Å²) in [6.45, 7) is 2.04. The highest BCUT2D eigenvalue weighted by molar-refractivity contribution is 9.10. The highest BCUT2D eigenvalue weighted by atomic mass is 79.9. The molecule has 1 amide bonds. The number of carbonyl (C=O) groups is 1. The zero-order chi connectivity index (χ0) is 21.8. The first-order valence-corrected chi connectivity index (χ1v) is 11.6. The molecule has 4 rings (SSSR count). The standard InChI is InChI=1S/C23H18BrClN4OS/c1-15-6-5-9-18(12-15)29-22(16-7-3-2-4-8-16)27-28-23(29)31-14-21(30)26-20-11-10-17(24)13-19(20)25/h2-13H,14H2,1H3,(H,26,30). The summed E-state index contributed by atoms with van der Waals surface area (Å²) in [6, 6.07) is 23.3. The van der Waals surface area contributed by atoms with Gasteiger partial charge in [0.2, 0.25) is 5.91 Å². The molecule has 8 heteroatoms. The quantitative estimate of drug-likeness (QED) is 0.304.